The van der Waals surface area contributed by atoms with Crippen molar-refractivity contribution in [1.82, 2.24) is 0 Å². The molecule has 0 saturated carbocycles. The molecule has 17 heavy (non-hydrogen) atoms. The predicted molar refractivity (Wildman–Crippen MR) is 60.5 cm³/mol. The van der Waals surface area contributed by atoms with E-state index < -0.39 is 12.1 Å². The maximum atomic E-state index is 11.0. The summed E-state index contributed by atoms with van der Waals surface area (Å²) in [5.41, 5.74) is 0. The lowest BCUT2D eigenvalue weighted by molar-refractivity contribution is -0.152. The maximum Gasteiger partial charge on any atom is 0.332 e. The minimum Gasteiger partial charge on any atom is -0.461 e. The number of rotatable bonds is 11. The second-order valence-electron chi connectivity index (χ2n) is 3.52. The molecule has 0 amide bonds. The maximum absolute atomic E-state index is 11.0. The Balaban J connectivity index is 3.14. The van der Waals surface area contributed by atoms with Gasteiger partial charge in [0, 0.05) is 6.61 Å². The summed E-state index contributed by atoms with van der Waals surface area (Å²) in [6.07, 6.45) is 0.299. The number of esters is 1. The fourth-order valence-corrected chi connectivity index (χ4v) is 0.850. The van der Waals surface area contributed by atoms with Crippen LogP contribution in [0.5, 0.6) is 0 Å². The standard InChI is InChI=1S/C11H22O6/c1-3-4-15-9-16-6-5-14-8-11(13)17-7-10(2)12/h10,12H,3-9H2,1-2H3. The van der Waals surface area contributed by atoms with E-state index in [1.165, 1.54) is 6.92 Å². The molecule has 102 valence electrons. The minimum atomic E-state index is -0.655. The Morgan fingerprint density at radius 1 is 1.18 bits per heavy atom. The molecule has 1 N–H and O–H groups in total. The van der Waals surface area contributed by atoms with Gasteiger partial charge >= 0.3 is 5.97 Å². The van der Waals surface area contributed by atoms with Gasteiger partial charge in [-0.1, -0.05) is 6.92 Å². The van der Waals surface area contributed by atoms with Crippen LogP contribution in [0.2, 0.25) is 0 Å². The van der Waals surface area contributed by atoms with Crippen LogP contribution in [0.4, 0.5) is 0 Å². The molecule has 0 rings (SSSR count). The summed E-state index contributed by atoms with van der Waals surface area (Å²) in [6, 6.07) is 0. The number of hydrogen-bond acceptors (Lipinski definition) is 6. The summed E-state index contributed by atoms with van der Waals surface area (Å²) in [6.45, 7) is 5.00. The highest BCUT2D eigenvalue weighted by atomic mass is 16.7. The van der Waals surface area contributed by atoms with Crippen molar-refractivity contribution in [2.24, 2.45) is 0 Å². The second kappa shape index (κ2) is 11.8. The first-order chi connectivity index (χ1) is 8.16. The van der Waals surface area contributed by atoms with Gasteiger partial charge < -0.3 is 24.1 Å². The SMILES string of the molecule is CCCOCOCCOCC(=O)OCC(C)O. The third-order valence-corrected chi connectivity index (χ3v) is 1.59. The summed E-state index contributed by atoms with van der Waals surface area (Å²) < 4.78 is 19.8. The van der Waals surface area contributed by atoms with Crippen molar-refractivity contribution in [2.45, 2.75) is 26.4 Å². The Morgan fingerprint density at radius 2 is 1.82 bits per heavy atom. The molecule has 0 fully saturated rings. The Labute approximate surface area is 102 Å². The van der Waals surface area contributed by atoms with Crippen molar-refractivity contribution < 1.29 is 28.8 Å². The van der Waals surface area contributed by atoms with Crippen molar-refractivity contribution in [3.63, 3.8) is 0 Å². The van der Waals surface area contributed by atoms with Gasteiger partial charge in [0.15, 0.2) is 0 Å². The summed E-state index contributed by atoms with van der Waals surface area (Å²) in [5.74, 6) is -0.492. The predicted octanol–water partition coefficient (Wildman–Crippen LogP) is 0.328. The van der Waals surface area contributed by atoms with Gasteiger partial charge in [0.2, 0.25) is 0 Å². The zero-order chi connectivity index (χ0) is 12.9. The number of carbonyl (C=O) groups is 1. The number of hydrogen-bond donors (Lipinski definition) is 1. The lowest BCUT2D eigenvalue weighted by atomic mass is 10.4. The molecule has 0 heterocycles. The van der Waals surface area contributed by atoms with Gasteiger partial charge in [-0.3, -0.25) is 0 Å². The molecule has 0 aromatic rings. The van der Waals surface area contributed by atoms with Crippen LogP contribution in [0.25, 0.3) is 0 Å². The molecule has 0 aliphatic heterocycles. The number of carbonyl (C=O) groups excluding carboxylic acids is 1. The summed E-state index contributed by atoms with van der Waals surface area (Å²) >= 11 is 0. The first-order valence-electron chi connectivity index (χ1n) is 5.73. The molecule has 0 aromatic carbocycles. The highest BCUT2D eigenvalue weighted by Crippen LogP contribution is 1.87. The quantitative estimate of drug-likeness (QED) is 0.323. The smallest absolute Gasteiger partial charge is 0.332 e. The number of aliphatic hydroxyl groups is 1. The van der Waals surface area contributed by atoms with E-state index in [0.29, 0.717) is 19.8 Å². The van der Waals surface area contributed by atoms with Crippen LogP contribution >= 0.6 is 0 Å². The van der Waals surface area contributed by atoms with E-state index in [0.717, 1.165) is 6.42 Å². The minimum absolute atomic E-state index is 0.0104. The monoisotopic (exact) mass is 250 g/mol. The highest BCUT2D eigenvalue weighted by molar-refractivity contribution is 5.70. The summed E-state index contributed by atoms with van der Waals surface area (Å²) in [4.78, 5) is 11.0. The van der Waals surface area contributed by atoms with Crippen LogP contribution in [0.1, 0.15) is 20.3 Å². The summed E-state index contributed by atoms with van der Waals surface area (Å²) in [7, 11) is 0. The van der Waals surface area contributed by atoms with E-state index in [1.807, 2.05) is 6.92 Å². The molecule has 6 heteroatoms. The number of ether oxygens (including phenoxy) is 4. The van der Waals surface area contributed by atoms with E-state index >= 15 is 0 Å². The molecule has 6 nitrogen and oxygen atoms in total. The van der Waals surface area contributed by atoms with Gasteiger partial charge in [-0.15, -0.1) is 0 Å². The van der Waals surface area contributed by atoms with E-state index in [9.17, 15) is 4.79 Å². The van der Waals surface area contributed by atoms with Crippen LogP contribution in [0.15, 0.2) is 0 Å². The fraction of sp³-hybridized carbons (Fsp3) is 0.909. The van der Waals surface area contributed by atoms with Crippen LogP contribution in [0.3, 0.4) is 0 Å². The third-order valence-electron chi connectivity index (χ3n) is 1.59. The lowest BCUT2D eigenvalue weighted by Gasteiger charge is -2.07. The molecule has 0 aliphatic rings. The van der Waals surface area contributed by atoms with Crippen LogP contribution in [0, 0.1) is 0 Å². The Kier molecular flexibility index (Phi) is 11.3. The van der Waals surface area contributed by atoms with E-state index in [4.69, 9.17) is 19.3 Å². The lowest BCUT2D eigenvalue weighted by Crippen LogP contribution is -2.20. The Bertz CT molecular complexity index is 183. The van der Waals surface area contributed by atoms with E-state index in [-0.39, 0.29) is 20.0 Å². The van der Waals surface area contributed by atoms with Gasteiger partial charge in [0.1, 0.15) is 20.0 Å². The van der Waals surface area contributed by atoms with E-state index in [1.54, 1.807) is 0 Å². The molecule has 0 aromatic heterocycles. The van der Waals surface area contributed by atoms with Crippen molar-refractivity contribution >= 4 is 5.97 Å². The molecular formula is C11H22O6. The second-order valence-corrected chi connectivity index (χ2v) is 3.52. The van der Waals surface area contributed by atoms with E-state index in [2.05, 4.69) is 4.74 Å². The first-order valence-corrected chi connectivity index (χ1v) is 5.73. The first kappa shape index (κ1) is 16.3. The van der Waals surface area contributed by atoms with Gasteiger partial charge in [0.25, 0.3) is 0 Å². The van der Waals surface area contributed by atoms with Gasteiger partial charge in [0.05, 0.1) is 19.3 Å². The number of aliphatic hydroxyl groups excluding tert-OH is 1. The van der Waals surface area contributed by atoms with Crippen molar-refractivity contribution in [3.05, 3.63) is 0 Å². The highest BCUT2D eigenvalue weighted by Gasteiger charge is 2.04. The molecule has 0 aliphatic carbocycles. The van der Waals surface area contributed by atoms with Gasteiger partial charge in [-0.2, -0.15) is 0 Å². The topological polar surface area (TPSA) is 74.2 Å². The third kappa shape index (κ3) is 13.2. The molecule has 0 spiro atoms. The van der Waals surface area contributed by atoms with Crippen molar-refractivity contribution in [3.8, 4) is 0 Å². The normalized spacial score (nSPS) is 12.4. The average molecular weight is 250 g/mol. The Hall–Kier alpha value is -0.690. The molecule has 0 saturated heterocycles. The molecule has 0 bridgehead atoms. The average Bonchev–Trinajstić information content (AvgIpc) is 2.30. The zero-order valence-corrected chi connectivity index (χ0v) is 10.5. The molecule has 1 atom stereocenters. The fourth-order valence-electron chi connectivity index (χ4n) is 0.850. The molecular weight excluding hydrogens is 228 g/mol. The van der Waals surface area contributed by atoms with Gasteiger partial charge in [-0.05, 0) is 13.3 Å². The molecule has 1 unspecified atom stereocenters. The van der Waals surface area contributed by atoms with Crippen LogP contribution in [-0.4, -0.2) is 57.0 Å². The molecule has 0 radical (unpaired) electrons. The Morgan fingerprint density at radius 3 is 2.47 bits per heavy atom. The van der Waals surface area contributed by atoms with Crippen molar-refractivity contribution in [2.75, 3.05) is 39.8 Å². The van der Waals surface area contributed by atoms with Crippen LogP contribution in [-0.2, 0) is 23.7 Å². The van der Waals surface area contributed by atoms with Crippen LogP contribution < -0.4 is 0 Å². The van der Waals surface area contributed by atoms with Crippen molar-refractivity contribution in [1.29, 1.82) is 0 Å². The largest absolute Gasteiger partial charge is 0.461 e. The van der Waals surface area contributed by atoms with Gasteiger partial charge in [-0.25, -0.2) is 4.79 Å². The zero-order valence-electron chi connectivity index (χ0n) is 10.5. The summed E-state index contributed by atoms with van der Waals surface area (Å²) in [5, 5.41) is 8.86.